The van der Waals surface area contributed by atoms with E-state index in [1.165, 1.54) is 0 Å². The van der Waals surface area contributed by atoms with Crippen molar-refractivity contribution in [3.63, 3.8) is 0 Å². The first-order chi connectivity index (χ1) is 7.35. The van der Waals surface area contributed by atoms with Crippen molar-refractivity contribution in [2.75, 3.05) is 0 Å². The Kier molecular flexibility index (Phi) is 2.23. The molecule has 0 N–H and O–H groups in total. The third-order valence-corrected chi connectivity index (χ3v) is 2.07. The van der Waals surface area contributed by atoms with E-state index >= 15 is 0 Å². The van der Waals surface area contributed by atoms with Crippen LogP contribution in [0.2, 0.25) is 0 Å². The van der Waals surface area contributed by atoms with Crippen molar-refractivity contribution >= 4 is 0 Å². The summed E-state index contributed by atoms with van der Waals surface area (Å²) in [4.78, 5) is 0. The van der Waals surface area contributed by atoms with Crippen molar-refractivity contribution in [1.82, 2.24) is 4.57 Å². The van der Waals surface area contributed by atoms with Crippen molar-refractivity contribution in [3.8, 4) is 17.8 Å². The topological polar surface area (TPSA) is 52.5 Å². The lowest BCUT2D eigenvalue weighted by Crippen LogP contribution is -1.94. The fourth-order valence-corrected chi connectivity index (χ4v) is 1.35. The maximum atomic E-state index is 8.92. The summed E-state index contributed by atoms with van der Waals surface area (Å²) >= 11 is 0. The maximum absolute atomic E-state index is 8.92. The van der Waals surface area contributed by atoms with Gasteiger partial charge in [0, 0.05) is 18.5 Å². The van der Waals surface area contributed by atoms with Crippen LogP contribution in [0.5, 0.6) is 0 Å². The molecule has 15 heavy (non-hydrogen) atoms. The van der Waals surface area contributed by atoms with Gasteiger partial charge in [-0.1, -0.05) is 0 Å². The number of hydrogen-bond acceptors (Lipinski definition) is 2. The van der Waals surface area contributed by atoms with Gasteiger partial charge in [-0.25, -0.2) is 0 Å². The Hall–Kier alpha value is -2.52. The molecular formula is C12H6N3. The highest BCUT2D eigenvalue weighted by atomic mass is 14.9. The van der Waals surface area contributed by atoms with E-state index in [9.17, 15) is 0 Å². The highest BCUT2D eigenvalue weighted by molar-refractivity contribution is 5.53. The van der Waals surface area contributed by atoms with Crippen LogP contribution < -0.4 is 0 Å². The molecule has 0 aliphatic rings. The van der Waals surface area contributed by atoms with Gasteiger partial charge in [0.2, 0.25) is 0 Å². The van der Waals surface area contributed by atoms with Crippen molar-refractivity contribution in [1.29, 1.82) is 10.5 Å². The van der Waals surface area contributed by atoms with Crippen LogP contribution in [0.25, 0.3) is 5.69 Å². The summed E-state index contributed by atoms with van der Waals surface area (Å²) in [5.41, 5.74) is 1.79. The van der Waals surface area contributed by atoms with Crippen molar-refractivity contribution in [2.24, 2.45) is 0 Å². The fraction of sp³-hybridized carbons (Fsp3) is 0. The molecular weight excluding hydrogens is 186 g/mol. The second-order valence-electron chi connectivity index (χ2n) is 2.97. The van der Waals surface area contributed by atoms with E-state index in [-0.39, 0.29) is 0 Å². The van der Waals surface area contributed by atoms with Crippen LogP contribution in [0, 0.1) is 28.7 Å². The lowest BCUT2D eigenvalue weighted by molar-refractivity contribution is 1.07. The maximum Gasteiger partial charge on any atom is 0.101 e. The zero-order chi connectivity index (χ0) is 10.7. The Morgan fingerprint density at radius 1 is 1.20 bits per heavy atom. The van der Waals surface area contributed by atoms with Crippen LogP contribution in [-0.2, 0) is 0 Å². The quantitative estimate of drug-likeness (QED) is 0.694. The molecule has 0 bridgehead atoms. The summed E-state index contributed by atoms with van der Waals surface area (Å²) < 4.78 is 1.76. The third-order valence-electron chi connectivity index (χ3n) is 2.07. The Morgan fingerprint density at radius 2 is 2.07 bits per heavy atom. The average Bonchev–Trinajstić information content (AvgIpc) is 2.81. The number of hydrogen-bond donors (Lipinski definition) is 0. The molecule has 2 rings (SSSR count). The van der Waals surface area contributed by atoms with Crippen LogP contribution in [0.1, 0.15) is 11.1 Å². The average molecular weight is 192 g/mol. The number of aromatic nitrogens is 1. The van der Waals surface area contributed by atoms with Gasteiger partial charge in [-0.2, -0.15) is 10.5 Å². The molecule has 0 amide bonds. The molecule has 3 heteroatoms. The number of nitriles is 2. The molecule has 69 valence electrons. The van der Waals surface area contributed by atoms with Crippen LogP contribution in [0.4, 0.5) is 0 Å². The van der Waals surface area contributed by atoms with Crippen molar-refractivity contribution < 1.29 is 0 Å². The molecule has 2 aromatic rings. The van der Waals surface area contributed by atoms with Gasteiger partial charge < -0.3 is 4.57 Å². The van der Waals surface area contributed by atoms with E-state index in [4.69, 9.17) is 10.5 Å². The second kappa shape index (κ2) is 3.69. The monoisotopic (exact) mass is 192 g/mol. The van der Waals surface area contributed by atoms with Crippen LogP contribution >= 0.6 is 0 Å². The van der Waals surface area contributed by atoms with Crippen LogP contribution in [-0.4, -0.2) is 4.57 Å². The molecule has 1 aromatic carbocycles. The molecule has 1 heterocycles. The van der Waals surface area contributed by atoms with Gasteiger partial charge in [0.05, 0.1) is 22.9 Å². The van der Waals surface area contributed by atoms with Gasteiger partial charge in [-0.05, 0) is 24.3 Å². The number of nitrogens with zero attached hydrogens (tertiary/aromatic N) is 3. The van der Waals surface area contributed by atoms with E-state index in [1.807, 2.05) is 6.07 Å². The highest BCUT2D eigenvalue weighted by Gasteiger charge is 2.04. The van der Waals surface area contributed by atoms with Gasteiger partial charge in [0.1, 0.15) is 6.07 Å². The van der Waals surface area contributed by atoms with Crippen molar-refractivity contribution in [2.45, 2.75) is 0 Å². The van der Waals surface area contributed by atoms with Gasteiger partial charge in [0.15, 0.2) is 0 Å². The minimum absolute atomic E-state index is 0.540. The van der Waals surface area contributed by atoms with Gasteiger partial charge in [-0.3, -0.25) is 0 Å². The molecule has 1 radical (unpaired) electrons. The molecule has 0 saturated heterocycles. The molecule has 0 spiro atoms. The molecule has 0 aliphatic carbocycles. The minimum Gasteiger partial charge on any atom is -0.322 e. The highest BCUT2D eigenvalue weighted by Crippen LogP contribution is 2.15. The van der Waals surface area contributed by atoms with Gasteiger partial charge in [-0.15, -0.1) is 0 Å². The summed E-state index contributed by atoms with van der Waals surface area (Å²) in [5, 5.41) is 17.7. The molecule has 0 fully saturated rings. The Bertz CT molecular complexity index is 554. The van der Waals surface area contributed by atoms with E-state index in [2.05, 4.69) is 12.1 Å². The summed E-state index contributed by atoms with van der Waals surface area (Å²) in [5.74, 6) is 0. The molecule has 3 nitrogen and oxygen atoms in total. The summed E-state index contributed by atoms with van der Waals surface area (Å²) in [6, 6.07) is 13.7. The number of benzene rings is 1. The SMILES string of the molecule is N#Cc1ccc(C#N)c(-n2c[c]cc2)c1. The first-order valence-electron chi connectivity index (χ1n) is 4.34. The lowest BCUT2D eigenvalue weighted by Gasteiger charge is -2.05. The van der Waals surface area contributed by atoms with E-state index in [1.54, 1.807) is 41.2 Å². The Balaban J connectivity index is 2.65. The molecule has 0 atom stereocenters. The van der Waals surface area contributed by atoms with E-state index < -0.39 is 0 Å². The standard InChI is InChI=1S/C12H6N3/c13-8-10-3-4-11(9-14)12(7-10)15-5-1-2-6-15/h1,3-7H. The van der Waals surface area contributed by atoms with Crippen molar-refractivity contribution in [3.05, 3.63) is 53.9 Å². The van der Waals surface area contributed by atoms with E-state index in [0.717, 1.165) is 0 Å². The first kappa shape index (κ1) is 9.05. The number of rotatable bonds is 1. The van der Waals surface area contributed by atoms with E-state index in [0.29, 0.717) is 16.8 Å². The van der Waals surface area contributed by atoms with Gasteiger partial charge in [0.25, 0.3) is 0 Å². The second-order valence-corrected chi connectivity index (χ2v) is 2.97. The fourth-order valence-electron chi connectivity index (χ4n) is 1.35. The lowest BCUT2D eigenvalue weighted by atomic mass is 10.1. The van der Waals surface area contributed by atoms with Crippen LogP contribution in [0.15, 0.2) is 36.7 Å². The normalized spacial score (nSPS) is 9.20. The molecule has 0 saturated carbocycles. The summed E-state index contributed by atoms with van der Waals surface area (Å²) in [6.45, 7) is 0. The Morgan fingerprint density at radius 3 is 2.67 bits per heavy atom. The minimum atomic E-state index is 0.540. The largest absolute Gasteiger partial charge is 0.322 e. The third kappa shape index (κ3) is 1.59. The van der Waals surface area contributed by atoms with Gasteiger partial charge >= 0.3 is 0 Å². The zero-order valence-corrected chi connectivity index (χ0v) is 7.81. The summed E-state index contributed by atoms with van der Waals surface area (Å²) in [6.07, 6.45) is 3.51. The molecule has 0 unspecified atom stereocenters. The molecule has 0 aliphatic heterocycles. The molecule has 1 aromatic heterocycles. The smallest absolute Gasteiger partial charge is 0.101 e. The zero-order valence-electron chi connectivity index (χ0n) is 7.81. The predicted octanol–water partition coefficient (Wildman–Crippen LogP) is 2.02. The van der Waals surface area contributed by atoms with Crippen LogP contribution in [0.3, 0.4) is 0 Å². The Labute approximate surface area is 87.4 Å². The summed E-state index contributed by atoms with van der Waals surface area (Å²) in [7, 11) is 0. The predicted molar refractivity (Wildman–Crippen MR) is 54.0 cm³/mol. The first-order valence-corrected chi connectivity index (χ1v) is 4.34.